The molecule has 2 aliphatic rings. The van der Waals surface area contributed by atoms with Crippen LogP contribution >= 0.6 is 0 Å². The van der Waals surface area contributed by atoms with Gasteiger partial charge in [0.2, 0.25) is 0 Å². The van der Waals surface area contributed by atoms with Gasteiger partial charge in [-0.15, -0.1) is 0 Å². The Morgan fingerprint density at radius 1 is 1.05 bits per heavy atom. The molecule has 118 valence electrons. The maximum Gasteiger partial charge on any atom is 0.354 e. The second kappa shape index (κ2) is 6.07. The average Bonchev–Trinajstić information content (AvgIpc) is 3.34. The van der Waals surface area contributed by atoms with Gasteiger partial charge in [0.1, 0.15) is 11.4 Å². The van der Waals surface area contributed by atoms with Crippen LogP contribution in [-0.4, -0.2) is 39.0 Å². The molecular weight excluding hydrogens is 280 g/mol. The van der Waals surface area contributed by atoms with E-state index in [1.165, 1.54) is 6.07 Å². The van der Waals surface area contributed by atoms with E-state index < -0.39 is 5.97 Å². The van der Waals surface area contributed by atoms with Crippen LogP contribution in [0.4, 0.5) is 0 Å². The summed E-state index contributed by atoms with van der Waals surface area (Å²) in [4.78, 5) is 29.9. The van der Waals surface area contributed by atoms with Crippen LogP contribution < -0.4 is 0 Å². The van der Waals surface area contributed by atoms with Crippen LogP contribution in [0.5, 0.6) is 0 Å². The average molecular weight is 302 g/mol. The highest BCUT2D eigenvalue weighted by Gasteiger charge is 2.39. The molecule has 3 rings (SSSR count). The molecule has 5 heteroatoms. The molecule has 1 heterocycles. The van der Waals surface area contributed by atoms with Crippen molar-refractivity contribution in [3.05, 3.63) is 29.6 Å². The lowest BCUT2D eigenvalue weighted by Gasteiger charge is -2.36. The minimum atomic E-state index is -1.10. The zero-order valence-electron chi connectivity index (χ0n) is 12.9. The Labute approximate surface area is 130 Å². The van der Waals surface area contributed by atoms with Gasteiger partial charge >= 0.3 is 5.97 Å². The van der Waals surface area contributed by atoms with Crippen molar-refractivity contribution in [1.29, 1.82) is 0 Å². The topological polar surface area (TPSA) is 70.5 Å². The number of carbonyl (C=O) groups excluding carboxylic acids is 1. The van der Waals surface area contributed by atoms with E-state index in [-0.39, 0.29) is 23.3 Å². The second-order valence-corrected chi connectivity index (χ2v) is 6.57. The maximum atomic E-state index is 12.9. The van der Waals surface area contributed by atoms with Crippen molar-refractivity contribution in [1.82, 2.24) is 9.88 Å². The molecule has 0 aromatic carbocycles. The smallest absolute Gasteiger partial charge is 0.354 e. The van der Waals surface area contributed by atoms with E-state index in [0.717, 1.165) is 44.4 Å². The number of aromatic carboxylic acids is 1. The lowest BCUT2D eigenvalue weighted by Crippen LogP contribution is -2.44. The van der Waals surface area contributed by atoms with Crippen molar-refractivity contribution in [2.24, 2.45) is 5.92 Å². The van der Waals surface area contributed by atoms with Crippen molar-refractivity contribution in [3.63, 3.8) is 0 Å². The normalized spacial score (nSPS) is 24.8. The molecule has 0 spiro atoms. The third-order valence-electron chi connectivity index (χ3n) is 4.74. The Hall–Kier alpha value is -1.91. The van der Waals surface area contributed by atoms with E-state index in [1.54, 1.807) is 12.1 Å². The fraction of sp³-hybridized carbons (Fsp3) is 0.588. The Kier molecular flexibility index (Phi) is 4.14. The van der Waals surface area contributed by atoms with Gasteiger partial charge in [-0.25, -0.2) is 9.78 Å². The number of pyridine rings is 1. The molecule has 22 heavy (non-hydrogen) atoms. The van der Waals surface area contributed by atoms with Gasteiger partial charge in [0, 0.05) is 12.1 Å². The Balaban J connectivity index is 1.81. The zero-order valence-corrected chi connectivity index (χ0v) is 12.9. The molecule has 0 radical (unpaired) electrons. The Morgan fingerprint density at radius 2 is 1.59 bits per heavy atom. The number of hydrogen-bond donors (Lipinski definition) is 1. The summed E-state index contributed by atoms with van der Waals surface area (Å²) < 4.78 is 0. The van der Waals surface area contributed by atoms with Gasteiger partial charge in [0.05, 0.1) is 0 Å². The summed E-state index contributed by atoms with van der Waals surface area (Å²) in [6.07, 6.45) is 6.50. The SMILES string of the molecule is CC1CCC(N(C(=O)c2cccc(C(=O)O)n2)C2CC2)CC1. The Morgan fingerprint density at radius 3 is 2.14 bits per heavy atom. The van der Waals surface area contributed by atoms with Gasteiger partial charge in [-0.3, -0.25) is 4.79 Å². The summed E-state index contributed by atoms with van der Waals surface area (Å²) in [7, 11) is 0. The van der Waals surface area contributed by atoms with E-state index in [1.807, 2.05) is 4.90 Å². The lowest BCUT2D eigenvalue weighted by atomic mass is 9.86. The van der Waals surface area contributed by atoms with Crippen LogP contribution in [0, 0.1) is 5.92 Å². The molecule has 1 aromatic heterocycles. The van der Waals surface area contributed by atoms with E-state index in [9.17, 15) is 9.59 Å². The molecule has 0 saturated heterocycles. The summed E-state index contributed by atoms with van der Waals surface area (Å²) in [5.41, 5.74) is 0.185. The predicted octanol–water partition coefficient (Wildman–Crippen LogP) is 2.96. The molecule has 1 N–H and O–H groups in total. The molecule has 0 bridgehead atoms. The highest BCUT2D eigenvalue weighted by atomic mass is 16.4. The third kappa shape index (κ3) is 3.13. The molecule has 0 atom stereocenters. The number of carbonyl (C=O) groups is 2. The summed E-state index contributed by atoms with van der Waals surface area (Å²) in [6, 6.07) is 5.24. The molecule has 0 aliphatic heterocycles. The van der Waals surface area contributed by atoms with Crippen molar-refractivity contribution in [3.8, 4) is 0 Å². The molecule has 5 nitrogen and oxygen atoms in total. The van der Waals surface area contributed by atoms with Gasteiger partial charge in [0.25, 0.3) is 5.91 Å². The zero-order chi connectivity index (χ0) is 15.7. The van der Waals surface area contributed by atoms with E-state index in [2.05, 4.69) is 11.9 Å². The number of carboxylic acid groups (broad SMARTS) is 1. The first-order chi connectivity index (χ1) is 10.6. The number of carboxylic acids is 1. The monoisotopic (exact) mass is 302 g/mol. The number of rotatable bonds is 4. The van der Waals surface area contributed by atoms with Crippen LogP contribution in [0.3, 0.4) is 0 Å². The standard InChI is InChI=1S/C17H22N2O3/c1-11-5-7-12(8-6-11)19(13-9-10-13)16(20)14-3-2-4-15(18-14)17(21)22/h2-4,11-13H,5-10H2,1H3,(H,21,22). The molecule has 0 unspecified atom stereocenters. The molecule has 2 fully saturated rings. The van der Waals surface area contributed by atoms with Crippen molar-refractivity contribution < 1.29 is 14.7 Å². The highest BCUT2D eigenvalue weighted by molar-refractivity contribution is 5.94. The quantitative estimate of drug-likeness (QED) is 0.928. The summed E-state index contributed by atoms with van der Waals surface area (Å²) in [6.45, 7) is 2.26. The lowest BCUT2D eigenvalue weighted by molar-refractivity contribution is 0.0586. The van der Waals surface area contributed by atoms with Gasteiger partial charge < -0.3 is 10.0 Å². The largest absolute Gasteiger partial charge is 0.477 e. The Bertz CT molecular complexity index is 575. The van der Waals surface area contributed by atoms with Crippen LogP contribution in [-0.2, 0) is 0 Å². The van der Waals surface area contributed by atoms with Gasteiger partial charge in [-0.2, -0.15) is 0 Å². The third-order valence-corrected chi connectivity index (χ3v) is 4.74. The van der Waals surface area contributed by atoms with Crippen molar-refractivity contribution in [2.75, 3.05) is 0 Å². The molecule has 2 saturated carbocycles. The molecule has 1 amide bonds. The van der Waals surface area contributed by atoms with Crippen LogP contribution in [0.2, 0.25) is 0 Å². The predicted molar refractivity (Wildman–Crippen MR) is 81.8 cm³/mol. The van der Waals surface area contributed by atoms with Crippen molar-refractivity contribution in [2.45, 2.75) is 57.5 Å². The van der Waals surface area contributed by atoms with Gasteiger partial charge in [0.15, 0.2) is 0 Å². The first-order valence-corrected chi connectivity index (χ1v) is 8.09. The van der Waals surface area contributed by atoms with E-state index in [4.69, 9.17) is 5.11 Å². The summed E-state index contributed by atoms with van der Waals surface area (Å²) in [5, 5.41) is 9.04. The maximum absolute atomic E-state index is 12.9. The first kappa shape index (κ1) is 15.0. The van der Waals surface area contributed by atoms with Gasteiger partial charge in [-0.1, -0.05) is 13.0 Å². The second-order valence-electron chi connectivity index (χ2n) is 6.57. The summed E-state index contributed by atoms with van der Waals surface area (Å²) in [5.74, 6) is -0.467. The fourth-order valence-corrected chi connectivity index (χ4v) is 3.31. The molecular formula is C17H22N2O3. The number of hydrogen-bond acceptors (Lipinski definition) is 3. The molecule has 2 aliphatic carbocycles. The fourth-order valence-electron chi connectivity index (χ4n) is 3.31. The molecule has 1 aromatic rings. The number of nitrogens with zero attached hydrogens (tertiary/aromatic N) is 2. The van der Waals surface area contributed by atoms with Crippen LogP contribution in [0.1, 0.15) is 66.4 Å². The van der Waals surface area contributed by atoms with Gasteiger partial charge in [-0.05, 0) is 56.6 Å². The van der Waals surface area contributed by atoms with E-state index in [0.29, 0.717) is 6.04 Å². The highest BCUT2D eigenvalue weighted by Crippen LogP contribution is 2.36. The number of amides is 1. The van der Waals surface area contributed by atoms with Crippen LogP contribution in [0.25, 0.3) is 0 Å². The van der Waals surface area contributed by atoms with Crippen LogP contribution in [0.15, 0.2) is 18.2 Å². The first-order valence-electron chi connectivity index (χ1n) is 8.09. The minimum Gasteiger partial charge on any atom is -0.477 e. The van der Waals surface area contributed by atoms with E-state index >= 15 is 0 Å². The minimum absolute atomic E-state index is 0.0705. The number of aromatic nitrogens is 1. The summed E-state index contributed by atoms with van der Waals surface area (Å²) >= 11 is 0. The van der Waals surface area contributed by atoms with Crippen molar-refractivity contribution >= 4 is 11.9 Å².